The fraction of sp³-hybridized carbons (Fsp3) is 0.630. The first-order chi connectivity index (χ1) is 18.5. The molecule has 0 saturated heterocycles. The number of nitrogens with two attached hydrogens (primary N) is 1. The first-order valence-electron chi connectivity index (χ1n) is 13.1. The molecular weight excluding hydrogens is 514 g/mol. The Morgan fingerprint density at radius 1 is 0.744 bits per heavy atom. The highest BCUT2D eigenvalue weighted by atomic mass is 16.8. The van der Waals surface area contributed by atoms with Gasteiger partial charge in [0.05, 0.1) is 6.61 Å². The van der Waals surface area contributed by atoms with Crippen LogP contribution in [0.15, 0.2) is 18.2 Å². The van der Waals surface area contributed by atoms with Gasteiger partial charge in [0.15, 0.2) is 11.5 Å². The van der Waals surface area contributed by atoms with Crippen molar-refractivity contribution >= 4 is 24.4 Å². The molecule has 0 fully saturated rings. The van der Waals surface area contributed by atoms with Crippen molar-refractivity contribution in [3.63, 3.8) is 0 Å². The molecular formula is C27H41NO11. The van der Waals surface area contributed by atoms with Crippen LogP contribution in [-0.4, -0.2) is 62.0 Å². The van der Waals surface area contributed by atoms with Crippen LogP contribution in [0.4, 0.5) is 14.4 Å². The van der Waals surface area contributed by atoms with E-state index in [-0.39, 0.29) is 43.3 Å². The van der Waals surface area contributed by atoms with Crippen molar-refractivity contribution in [3.8, 4) is 11.5 Å². The van der Waals surface area contributed by atoms with Gasteiger partial charge in [0, 0.05) is 0 Å². The Hall–Kier alpha value is -3.54. The van der Waals surface area contributed by atoms with Crippen molar-refractivity contribution in [2.24, 2.45) is 5.73 Å². The topological polar surface area (TPSA) is 159 Å². The highest BCUT2D eigenvalue weighted by Crippen LogP contribution is 2.30. The molecule has 0 aliphatic rings. The Kier molecular flexibility index (Phi) is 15.3. The third-order valence-electron chi connectivity index (χ3n) is 5.15. The average molecular weight is 556 g/mol. The van der Waals surface area contributed by atoms with Gasteiger partial charge in [-0.25, -0.2) is 14.4 Å². The van der Waals surface area contributed by atoms with Crippen molar-refractivity contribution < 1.29 is 52.3 Å². The summed E-state index contributed by atoms with van der Waals surface area (Å²) in [7, 11) is 0. The summed E-state index contributed by atoms with van der Waals surface area (Å²) in [6.07, 6.45) is -1.39. The van der Waals surface area contributed by atoms with Gasteiger partial charge in [0.2, 0.25) is 0 Å². The molecule has 0 aromatic heterocycles. The maximum absolute atomic E-state index is 12.4. The molecule has 220 valence electrons. The summed E-state index contributed by atoms with van der Waals surface area (Å²) in [5, 5.41) is 0. The lowest BCUT2D eigenvalue weighted by molar-refractivity contribution is -0.152. The van der Waals surface area contributed by atoms with Crippen LogP contribution < -0.4 is 15.2 Å². The Balaban J connectivity index is 2.94. The normalized spacial score (nSPS) is 13.7. The summed E-state index contributed by atoms with van der Waals surface area (Å²) in [5.41, 5.74) is 6.49. The molecule has 0 saturated carbocycles. The highest BCUT2D eigenvalue weighted by molar-refractivity contribution is 5.76. The van der Waals surface area contributed by atoms with Gasteiger partial charge in [-0.05, 0) is 64.7 Å². The van der Waals surface area contributed by atoms with Crippen LogP contribution in [0.3, 0.4) is 0 Å². The zero-order chi connectivity index (χ0) is 29.4. The van der Waals surface area contributed by atoms with Crippen LogP contribution in [0.25, 0.3) is 0 Å². The molecule has 2 N–H and O–H groups in total. The minimum Gasteiger partial charge on any atom is -0.458 e. The first kappa shape index (κ1) is 33.5. The Labute approximate surface area is 229 Å². The van der Waals surface area contributed by atoms with E-state index in [4.69, 9.17) is 34.2 Å². The second-order valence-corrected chi connectivity index (χ2v) is 8.97. The van der Waals surface area contributed by atoms with Crippen LogP contribution in [0.1, 0.15) is 72.8 Å². The molecule has 1 aromatic carbocycles. The molecule has 1 rings (SSSR count). The molecule has 12 heteroatoms. The lowest BCUT2D eigenvalue weighted by atomic mass is 10.1. The van der Waals surface area contributed by atoms with E-state index in [0.717, 1.165) is 12.8 Å². The number of esters is 1. The zero-order valence-corrected chi connectivity index (χ0v) is 23.6. The fourth-order valence-electron chi connectivity index (χ4n) is 3.33. The predicted molar refractivity (Wildman–Crippen MR) is 140 cm³/mol. The number of carbonyl (C=O) groups excluding carboxylic acids is 4. The minimum atomic E-state index is -1.09. The SMILES string of the molecule is CCCC(C)OC(=O)Oc1cc(C[C@H](N)C(=O)OC(C)COC(=O)OCC)ccc1OC(=O)O[C@@H](C)CCC. The number of benzene rings is 1. The summed E-state index contributed by atoms with van der Waals surface area (Å²) in [6, 6.07) is 3.26. The molecule has 0 amide bonds. The predicted octanol–water partition coefficient (Wildman–Crippen LogP) is 5.07. The number of hydrogen-bond acceptors (Lipinski definition) is 12. The second-order valence-electron chi connectivity index (χ2n) is 8.97. The third-order valence-corrected chi connectivity index (χ3v) is 5.15. The van der Waals surface area contributed by atoms with Crippen molar-refractivity contribution in [1.82, 2.24) is 0 Å². The van der Waals surface area contributed by atoms with Crippen molar-refractivity contribution in [3.05, 3.63) is 23.8 Å². The first-order valence-corrected chi connectivity index (χ1v) is 13.1. The van der Waals surface area contributed by atoms with E-state index < -0.39 is 36.6 Å². The summed E-state index contributed by atoms with van der Waals surface area (Å²) in [6.45, 7) is 10.5. The second kappa shape index (κ2) is 17.9. The Bertz CT molecular complexity index is 936. The Morgan fingerprint density at radius 2 is 1.31 bits per heavy atom. The average Bonchev–Trinajstić information content (AvgIpc) is 2.84. The van der Waals surface area contributed by atoms with Gasteiger partial charge in [-0.2, -0.15) is 0 Å². The van der Waals surface area contributed by atoms with E-state index in [1.165, 1.54) is 19.1 Å². The molecule has 0 aliphatic heterocycles. The summed E-state index contributed by atoms with van der Waals surface area (Å²) in [4.78, 5) is 48.3. The standard InChI is InChI=1S/C27H41NO11/c1-7-10-17(4)36-26(31)38-22-13-12-20(15-23(22)39-27(32)37-18(5)11-8-2)14-21(28)24(29)35-19(6)16-34-25(30)33-9-3/h12-13,15,17-19,21H,7-11,14,16,28H2,1-6H3/t17-,18?,19?,21-/m0/s1. The highest BCUT2D eigenvalue weighted by Gasteiger charge is 2.23. The molecule has 2 unspecified atom stereocenters. The molecule has 0 bridgehead atoms. The minimum absolute atomic E-state index is 0.000191. The van der Waals surface area contributed by atoms with Crippen molar-refractivity contribution in [2.45, 2.75) is 98.0 Å². The molecule has 39 heavy (non-hydrogen) atoms. The van der Waals surface area contributed by atoms with Gasteiger partial charge in [-0.3, -0.25) is 4.79 Å². The quantitative estimate of drug-likeness (QED) is 0.174. The van der Waals surface area contributed by atoms with Crippen LogP contribution in [-0.2, 0) is 34.9 Å². The smallest absolute Gasteiger partial charge is 0.458 e. The number of carbonyl (C=O) groups is 4. The zero-order valence-electron chi connectivity index (χ0n) is 23.6. The monoisotopic (exact) mass is 555 g/mol. The maximum atomic E-state index is 12.4. The van der Waals surface area contributed by atoms with E-state index in [1.54, 1.807) is 26.8 Å². The molecule has 12 nitrogen and oxygen atoms in total. The van der Waals surface area contributed by atoms with Crippen molar-refractivity contribution in [1.29, 1.82) is 0 Å². The van der Waals surface area contributed by atoms with E-state index in [2.05, 4.69) is 4.74 Å². The van der Waals surface area contributed by atoms with Crippen LogP contribution in [0, 0.1) is 0 Å². The summed E-state index contributed by atoms with van der Waals surface area (Å²) >= 11 is 0. The Morgan fingerprint density at radius 3 is 1.85 bits per heavy atom. The number of ether oxygens (including phenoxy) is 7. The molecule has 1 aromatic rings. The van der Waals surface area contributed by atoms with Gasteiger partial charge >= 0.3 is 24.4 Å². The lowest BCUT2D eigenvalue weighted by Gasteiger charge is -2.18. The molecule has 4 atom stereocenters. The van der Waals surface area contributed by atoms with Crippen molar-refractivity contribution in [2.75, 3.05) is 13.2 Å². The van der Waals surface area contributed by atoms with Gasteiger partial charge < -0.3 is 38.9 Å². The third kappa shape index (κ3) is 13.7. The van der Waals surface area contributed by atoms with Crippen LogP contribution >= 0.6 is 0 Å². The largest absolute Gasteiger partial charge is 0.514 e. The van der Waals surface area contributed by atoms with Crippen LogP contribution in [0.2, 0.25) is 0 Å². The van der Waals surface area contributed by atoms with E-state index in [9.17, 15) is 19.2 Å². The van der Waals surface area contributed by atoms with E-state index >= 15 is 0 Å². The molecule has 0 heterocycles. The molecule has 0 radical (unpaired) electrons. The fourth-order valence-corrected chi connectivity index (χ4v) is 3.33. The summed E-state index contributed by atoms with van der Waals surface area (Å²) < 4.78 is 35.7. The molecule has 0 spiro atoms. The number of rotatable bonds is 15. The lowest BCUT2D eigenvalue weighted by Crippen LogP contribution is -2.37. The van der Waals surface area contributed by atoms with E-state index in [0.29, 0.717) is 18.4 Å². The van der Waals surface area contributed by atoms with Gasteiger partial charge in [-0.1, -0.05) is 32.8 Å². The maximum Gasteiger partial charge on any atom is 0.514 e. The van der Waals surface area contributed by atoms with Gasteiger partial charge in [0.25, 0.3) is 0 Å². The van der Waals surface area contributed by atoms with Gasteiger partial charge in [-0.15, -0.1) is 0 Å². The van der Waals surface area contributed by atoms with E-state index in [1.807, 2.05) is 13.8 Å². The number of hydrogen-bond donors (Lipinski definition) is 1. The van der Waals surface area contributed by atoms with Crippen LogP contribution in [0.5, 0.6) is 11.5 Å². The summed E-state index contributed by atoms with van der Waals surface area (Å²) in [5.74, 6) is -0.925. The van der Waals surface area contributed by atoms with Gasteiger partial charge in [0.1, 0.15) is 31.0 Å². The molecule has 0 aliphatic carbocycles.